The molecule has 0 saturated heterocycles. The van der Waals surface area contributed by atoms with Crippen LogP contribution in [0.5, 0.6) is 0 Å². The highest BCUT2D eigenvalue weighted by Crippen LogP contribution is 2.14. The van der Waals surface area contributed by atoms with Crippen LogP contribution >= 0.6 is 0 Å². The molecule has 0 bridgehead atoms. The molecule has 0 aliphatic carbocycles. The molecule has 1 N–H and O–H groups in total. The lowest BCUT2D eigenvalue weighted by molar-refractivity contribution is -0.192. The van der Waals surface area contributed by atoms with Gasteiger partial charge in [-0.1, -0.05) is 0 Å². The second-order valence-electron chi connectivity index (χ2n) is 4.35. The Bertz CT molecular complexity index is 418. The SMILES string of the molecule is CC(=O)OC[C@@H](OC(C)=O)[C@H](OC(C)=O)[C@@H](CO)OC(C)=O. The van der Waals surface area contributed by atoms with E-state index in [1.807, 2.05) is 0 Å². The molecular weight excluding hydrogens is 300 g/mol. The Balaban J connectivity index is 5.30. The van der Waals surface area contributed by atoms with Crippen LogP contribution in [0.3, 0.4) is 0 Å². The van der Waals surface area contributed by atoms with Crippen molar-refractivity contribution < 1.29 is 43.2 Å². The van der Waals surface area contributed by atoms with Gasteiger partial charge < -0.3 is 24.1 Å². The molecule has 0 unspecified atom stereocenters. The largest absolute Gasteiger partial charge is 0.462 e. The normalized spacial score (nSPS) is 14.2. The van der Waals surface area contributed by atoms with E-state index in [9.17, 15) is 24.3 Å². The van der Waals surface area contributed by atoms with Crippen LogP contribution in [0.2, 0.25) is 0 Å². The Morgan fingerprint density at radius 2 is 1.23 bits per heavy atom. The predicted molar refractivity (Wildman–Crippen MR) is 70.4 cm³/mol. The van der Waals surface area contributed by atoms with Crippen molar-refractivity contribution in [3.63, 3.8) is 0 Å². The topological polar surface area (TPSA) is 125 Å². The maximum atomic E-state index is 11.2. The summed E-state index contributed by atoms with van der Waals surface area (Å²) in [6.07, 6.45) is -3.84. The third-order valence-corrected chi connectivity index (χ3v) is 2.30. The summed E-state index contributed by atoms with van der Waals surface area (Å²) >= 11 is 0. The molecule has 0 radical (unpaired) electrons. The summed E-state index contributed by atoms with van der Waals surface area (Å²) in [6, 6.07) is 0. The second kappa shape index (κ2) is 9.72. The lowest BCUT2D eigenvalue weighted by Gasteiger charge is -2.30. The number of carbonyl (C=O) groups excluding carboxylic acids is 4. The van der Waals surface area contributed by atoms with Gasteiger partial charge in [-0.05, 0) is 0 Å². The summed E-state index contributed by atoms with van der Waals surface area (Å²) in [5.41, 5.74) is 0. The average molecular weight is 320 g/mol. The Kier molecular flexibility index (Phi) is 8.76. The molecule has 0 aromatic heterocycles. The summed E-state index contributed by atoms with van der Waals surface area (Å²) in [5, 5.41) is 9.30. The van der Waals surface area contributed by atoms with Crippen LogP contribution < -0.4 is 0 Å². The van der Waals surface area contributed by atoms with Gasteiger partial charge in [-0.3, -0.25) is 19.2 Å². The first-order chi connectivity index (χ1) is 10.2. The monoisotopic (exact) mass is 320 g/mol. The van der Waals surface area contributed by atoms with Crippen molar-refractivity contribution in [2.24, 2.45) is 0 Å². The maximum absolute atomic E-state index is 11.2. The van der Waals surface area contributed by atoms with Crippen LogP contribution in [-0.2, 0) is 38.1 Å². The lowest BCUT2D eigenvalue weighted by Crippen LogP contribution is -2.48. The standard InChI is InChI=1S/C13H20O9/c1-7(15)19-6-12(21-9(3)17)13(22-10(4)18)11(5-14)20-8(2)16/h11-14H,5-6H2,1-4H3/t11-,12-,13-/m1/s1. The Morgan fingerprint density at radius 3 is 1.59 bits per heavy atom. The van der Waals surface area contributed by atoms with Gasteiger partial charge in [0.15, 0.2) is 18.3 Å². The molecule has 3 atom stereocenters. The van der Waals surface area contributed by atoms with Crippen molar-refractivity contribution in [2.45, 2.75) is 46.0 Å². The molecule has 0 aliphatic heterocycles. The molecule has 0 rings (SSSR count). The molecular formula is C13H20O9. The van der Waals surface area contributed by atoms with E-state index < -0.39 is 55.4 Å². The minimum atomic E-state index is -1.32. The molecule has 9 nitrogen and oxygen atoms in total. The van der Waals surface area contributed by atoms with Gasteiger partial charge in [-0.15, -0.1) is 0 Å². The number of carbonyl (C=O) groups is 4. The molecule has 0 aromatic rings. The molecule has 0 spiro atoms. The lowest BCUT2D eigenvalue weighted by atomic mass is 10.1. The molecule has 0 amide bonds. The number of aliphatic hydroxyl groups excluding tert-OH is 1. The Morgan fingerprint density at radius 1 is 0.773 bits per heavy atom. The minimum Gasteiger partial charge on any atom is -0.462 e. The van der Waals surface area contributed by atoms with Crippen molar-refractivity contribution >= 4 is 23.9 Å². The summed E-state index contributed by atoms with van der Waals surface area (Å²) in [4.78, 5) is 44.3. The van der Waals surface area contributed by atoms with E-state index in [4.69, 9.17) is 18.9 Å². The molecule has 9 heteroatoms. The van der Waals surface area contributed by atoms with Crippen molar-refractivity contribution in [1.29, 1.82) is 0 Å². The molecule has 126 valence electrons. The van der Waals surface area contributed by atoms with Gasteiger partial charge in [-0.2, -0.15) is 0 Å². The van der Waals surface area contributed by atoms with Crippen molar-refractivity contribution in [3.8, 4) is 0 Å². The predicted octanol–water partition coefficient (Wildman–Crippen LogP) is -0.663. The molecule has 0 aliphatic rings. The van der Waals surface area contributed by atoms with Crippen LogP contribution in [0.15, 0.2) is 0 Å². The van der Waals surface area contributed by atoms with E-state index in [0.717, 1.165) is 27.7 Å². The fourth-order valence-corrected chi connectivity index (χ4v) is 1.61. The first-order valence-electron chi connectivity index (χ1n) is 6.43. The highest BCUT2D eigenvalue weighted by molar-refractivity contribution is 5.68. The summed E-state index contributed by atoms with van der Waals surface area (Å²) in [7, 11) is 0. The summed E-state index contributed by atoms with van der Waals surface area (Å²) in [6.45, 7) is 3.32. The van der Waals surface area contributed by atoms with Gasteiger partial charge in [0.1, 0.15) is 6.61 Å². The fourth-order valence-electron chi connectivity index (χ4n) is 1.61. The van der Waals surface area contributed by atoms with Crippen molar-refractivity contribution in [3.05, 3.63) is 0 Å². The smallest absolute Gasteiger partial charge is 0.303 e. The number of aliphatic hydroxyl groups is 1. The van der Waals surface area contributed by atoms with Crippen LogP contribution in [-0.4, -0.2) is 60.5 Å². The van der Waals surface area contributed by atoms with Crippen molar-refractivity contribution in [2.75, 3.05) is 13.2 Å². The Hall–Kier alpha value is -2.16. The van der Waals surface area contributed by atoms with Gasteiger partial charge >= 0.3 is 23.9 Å². The first-order valence-corrected chi connectivity index (χ1v) is 6.43. The van der Waals surface area contributed by atoms with Gasteiger partial charge in [0.2, 0.25) is 0 Å². The zero-order valence-corrected chi connectivity index (χ0v) is 12.9. The van der Waals surface area contributed by atoms with E-state index in [1.54, 1.807) is 0 Å². The van der Waals surface area contributed by atoms with Gasteiger partial charge in [0, 0.05) is 27.7 Å². The van der Waals surface area contributed by atoms with Crippen LogP contribution in [0, 0.1) is 0 Å². The number of rotatable bonds is 8. The van der Waals surface area contributed by atoms with Crippen molar-refractivity contribution in [1.82, 2.24) is 0 Å². The van der Waals surface area contributed by atoms with Crippen LogP contribution in [0.4, 0.5) is 0 Å². The van der Waals surface area contributed by atoms with E-state index in [0.29, 0.717) is 0 Å². The fraction of sp³-hybridized carbons (Fsp3) is 0.692. The number of hydrogen-bond donors (Lipinski definition) is 1. The maximum Gasteiger partial charge on any atom is 0.303 e. The van der Waals surface area contributed by atoms with Crippen LogP contribution in [0.1, 0.15) is 27.7 Å². The van der Waals surface area contributed by atoms with E-state index in [2.05, 4.69) is 0 Å². The zero-order valence-electron chi connectivity index (χ0n) is 12.9. The highest BCUT2D eigenvalue weighted by Gasteiger charge is 2.37. The van der Waals surface area contributed by atoms with E-state index in [-0.39, 0.29) is 0 Å². The minimum absolute atomic E-state index is 0.426. The molecule has 0 heterocycles. The third kappa shape index (κ3) is 8.20. The quantitative estimate of drug-likeness (QED) is 0.458. The van der Waals surface area contributed by atoms with Crippen LogP contribution in [0.25, 0.3) is 0 Å². The molecule has 0 fully saturated rings. The molecule has 22 heavy (non-hydrogen) atoms. The summed E-state index contributed by atoms with van der Waals surface area (Å²) < 4.78 is 19.5. The third-order valence-electron chi connectivity index (χ3n) is 2.30. The number of hydrogen-bond acceptors (Lipinski definition) is 9. The molecule has 0 aromatic carbocycles. The number of ether oxygens (including phenoxy) is 4. The average Bonchev–Trinajstić information content (AvgIpc) is 2.37. The zero-order chi connectivity index (χ0) is 17.3. The highest BCUT2D eigenvalue weighted by atomic mass is 16.6. The summed E-state index contributed by atoms with van der Waals surface area (Å²) in [5.74, 6) is -2.86. The van der Waals surface area contributed by atoms with E-state index in [1.165, 1.54) is 0 Å². The first kappa shape index (κ1) is 19.8. The van der Waals surface area contributed by atoms with Gasteiger partial charge in [0.25, 0.3) is 0 Å². The van der Waals surface area contributed by atoms with E-state index >= 15 is 0 Å². The van der Waals surface area contributed by atoms with Gasteiger partial charge in [-0.25, -0.2) is 0 Å². The second-order valence-corrected chi connectivity index (χ2v) is 4.35. The Labute approximate surface area is 127 Å². The molecule has 0 saturated carbocycles. The van der Waals surface area contributed by atoms with Gasteiger partial charge in [0.05, 0.1) is 6.61 Å². The number of esters is 4.